The minimum Gasteiger partial charge on any atom is -0.440 e. The molecule has 0 spiro atoms. The molecule has 0 bridgehead atoms. The molecule has 3 aromatic heterocycles. The number of carbonyl (C=O) groups excluding carboxylic acids is 1. The summed E-state index contributed by atoms with van der Waals surface area (Å²) in [7, 11) is 0. The van der Waals surface area contributed by atoms with Gasteiger partial charge in [0.25, 0.3) is 0 Å². The standard InChI is InChI=1S/C20H24N4O3S/c1-13-16(14(2)27-22-13)12-23-6-8-24(9-7-23)19(25)11-17-15(3)26-20(21-17)18-5-4-10-28-18/h4-5,10H,6-9,11-12H2,1-3H3. The van der Waals surface area contributed by atoms with Gasteiger partial charge < -0.3 is 13.8 Å². The molecule has 148 valence electrons. The Bertz CT molecular complexity index is 933. The lowest BCUT2D eigenvalue weighted by Gasteiger charge is -2.34. The fourth-order valence-electron chi connectivity index (χ4n) is 3.46. The van der Waals surface area contributed by atoms with Gasteiger partial charge in [-0.15, -0.1) is 11.3 Å². The first-order valence-electron chi connectivity index (χ1n) is 9.43. The van der Waals surface area contributed by atoms with Crippen LogP contribution in [0.4, 0.5) is 0 Å². The second kappa shape index (κ2) is 7.89. The van der Waals surface area contributed by atoms with Crippen LogP contribution in [-0.4, -0.2) is 52.0 Å². The van der Waals surface area contributed by atoms with Gasteiger partial charge >= 0.3 is 0 Å². The van der Waals surface area contributed by atoms with E-state index in [1.165, 1.54) is 0 Å². The van der Waals surface area contributed by atoms with E-state index in [9.17, 15) is 4.79 Å². The molecule has 1 aliphatic rings. The number of rotatable bonds is 5. The summed E-state index contributed by atoms with van der Waals surface area (Å²) in [5, 5.41) is 6.01. The van der Waals surface area contributed by atoms with Gasteiger partial charge in [-0.25, -0.2) is 4.98 Å². The zero-order chi connectivity index (χ0) is 19.7. The highest BCUT2D eigenvalue weighted by Gasteiger charge is 2.24. The number of hydrogen-bond acceptors (Lipinski definition) is 7. The SMILES string of the molecule is Cc1noc(C)c1CN1CCN(C(=O)Cc2nc(-c3cccs3)oc2C)CC1. The predicted molar refractivity (Wildman–Crippen MR) is 106 cm³/mol. The molecule has 4 heterocycles. The Morgan fingerprint density at radius 3 is 2.61 bits per heavy atom. The molecule has 8 heteroatoms. The van der Waals surface area contributed by atoms with Crippen LogP contribution >= 0.6 is 11.3 Å². The lowest BCUT2D eigenvalue weighted by molar-refractivity contribution is -0.132. The predicted octanol–water partition coefficient (Wildman–Crippen LogP) is 3.20. The maximum atomic E-state index is 12.8. The summed E-state index contributed by atoms with van der Waals surface area (Å²) in [4.78, 5) is 22.5. The van der Waals surface area contributed by atoms with E-state index in [1.54, 1.807) is 11.3 Å². The molecule has 28 heavy (non-hydrogen) atoms. The van der Waals surface area contributed by atoms with E-state index in [-0.39, 0.29) is 12.3 Å². The topological polar surface area (TPSA) is 75.6 Å². The smallest absolute Gasteiger partial charge is 0.236 e. The van der Waals surface area contributed by atoms with Crippen molar-refractivity contribution in [2.75, 3.05) is 26.2 Å². The third-order valence-corrected chi connectivity index (χ3v) is 6.09. The monoisotopic (exact) mass is 400 g/mol. The normalized spacial score (nSPS) is 15.3. The summed E-state index contributed by atoms with van der Waals surface area (Å²) in [6, 6.07) is 3.94. The molecule has 0 radical (unpaired) electrons. The van der Waals surface area contributed by atoms with Gasteiger partial charge in [-0.05, 0) is 32.2 Å². The number of amides is 1. The van der Waals surface area contributed by atoms with Crippen molar-refractivity contribution in [3.63, 3.8) is 0 Å². The second-order valence-electron chi connectivity index (χ2n) is 7.14. The number of oxazole rings is 1. The molecule has 0 aliphatic carbocycles. The van der Waals surface area contributed by atoms with Crippen LogP contribution in [0.3, 0.4) is 0 Å². The van der Waals surface area contributed by atoms with Crippen LogP contribution in [0.5, 0.6) is 0 Å². The maximum absolute atomic E-state index is 12.8. The average Bonchev–Trinajstić information content (AvgIpc) is 3.41. The third kappa shape index (κ3) is 3.88. The molecule has 0 saturated carbocycles. The van der Waals surface area contributed by atoms with Crippen molar-refractivity contribution in [1.29, 1.82) is 0 Å². The van der Waals surface area contributed by atoms with Gasteiger partial charge in [0.1, 0.15) is 11.5 Å². The number of aromatic nitrogens is 2. The molecule has 1 saturated heterocycles. The van der Waals surface area contributed by atoms with Crippen LogP contribution in [-0.2, 0) is 17.8 Å². The minimum atomic E-state index is 0.103. The zero-order valence-corrected chi connectivity index (χ0v) is 17.2. The molecule has 0 unspecified atom stereocenters. The van der Waals surface area contributed by atoms with Crippen LogP contribution in [0.25, 0.3) is 10.8 Å². The first kappa shape index (κ1) is 18.9. The van der Waals surface area contributed by atoms with E-state index < -0.39 is 0 Å². The first-order chi connectivity index (χ1) is 13.5. The average molecular weight is 401 g/mol. The van der Waals surface area contributed by atoms with Gasteiger partial charge in [-0.2, -0.15) is 0 Å². The molecule has 7 nitrogen and oxygen atoms in total. The summed E-state index contributed by atoms with van der Waals surface area (Å²) in [5.41, 5.74) is 2.82. The Kier molecular flexibility index (Phi) is 5.32. The second-order valence-corrected chi connectivity index (χ2v) is 8.08. The van der Waals surface area contributed by atoms with Gasteiger partial charge in [0.05, 0.1) is 22.7 Å². The zero-order valence-electron chi connectivity index (χ0n) is 16.4. The highest BCUT2D eigenvalue weighted by Crippen LogP contribution is 2.26. The molecule has 1 amide bonds. The van der Waals surface area contributed by atoms with Crippen molar-refractivity contribution in [3.8, 4) is 10.8 Å². The summed E-state index contributed by atoms with van der Waals surface area (Å²) >= 11 is 1.58. The van der Waals surface area contributed by atoms with Crippen molar-refractivity contribution in [1.82, 2.24) is 19.9 Å². The van der Waals surface area contributed by atoms with E-state index >= 15 is 0 Å². The largest absolute Gasteiger partial charge is 0.440 e. The van der Waals surface area contributed by atoms with Crippen LogP contribution in [0.2, 0.25) is 0 Å². The molecule has 0 aromatic carbocycles. The Labute approximate surface area is 167 Å². The van der Waals surface area contributed by atoms with Crippen LogP contribution in [0, 0.1) is 20.8 Å². The van der Waals surface area contributed by atoms with Gasteiger partial charge in [-0.1, -0.05) is 11.2 Å². The number of nitrogens with zero attached hydrogens (tertiary/aromatic N) is 4. The van der Waals surface area contributed by atoms with E-state index in [2.05, 4.69) is 15.0 Å². The lowest BCUT2D eigenvalue weighted by Crippen LogP contribution is -2.48. The van der Waals surface area contributed by atoms with Crippen molar-refractivity contribution in [3.05, 3.63) is 46.0 Å². The van der Waals surface area contributed by atoms with Gasteiger partial charge in [0.15, 0.2) is 0 Å². The molecular formula is C20H24N4O3S. The number of aryl methyl sites for hydroxylation is 3. The highest BCUT2D eigenvalue weighted by molar-refractivity contribution is 7.13. The van der Waals surface area contributed by atoms with Gasteiger partial charge in [0, 0.05) is 38.3 Å². The van der Waals surface area contributed by atoms with Crippen LogP contribution < -0.4 is 0 Å². The summed E-state index contributed by atoms with van der Waals surface area (Å²) in [5.74, 6) is 2.29. The molecule has 1 fully saturated rings. The Balaban J connectivity index is 1.33. The van der Waals surface area contributed by atoms with Gasteiger partial charge in [-0.3, -0.25) is 9.69 Å². The fourth-order valence-corrected chi connectivity index (χ4v) is 4.11. The van der Waals surface area contributed by atoms with Crippen molar-refractivity contribution in [2.24, 2.45) is 0 Å². The summed E-state index contributed by atoms with van der Waals surface area (Å²) < 4.78 is 11.0. The van der Waals surface area contributed by atoms with Crippen molar-refractivity contribution < 1.29 is 13.7 Å². The number of carbonyl (C=O) groups is 1. The Morgan fingerprint density at radius 2 is 1.96 bits per heavy atom. The van der Waals surface area contributed by atoms with Gasteiger partial charge in [0.2, 0.25) is 11.8 Å². The molecule has 3 aromatic rings. The van der Waals surface area contributed by atoms with E-state index in [4.69, 9.17) is 8.94 Å². The Hall–Kier alpha value is -2.45. The van der Waals surface area contributed by atoms with E-state index in [1.807, 2.05) is 43.2 Å². The quantitative estimate of drug-likeness (QED) is 0.655. The molecule has 0 atom stereocenters. The fraction of sp³-hybridized carbons (Fsp3) is 0.450. The van der Waals surface area contributed by atoms with Crippen molar-refractivity contribution >= 4 is 17.2 Å². The first-order valence-corrected chi connectivity index (χ1v) is 10.3. The van der Waals surface area contributed by atoms with E-state index in [0.717, 1.165) is 60.3 Å². The van der Waals surface area contributed by atoms with Crippen molar-refractivity contribution in [2.45, 2.75) is 33.7 Å². The maximum Gasteiger partial charge on any atom is 0.236 e. The Morgan fingerprint density at radius 1 is 1.18 bits per heavy atom. The molecule has 0 N–H and O–H groups in total. The molecule has 1 aliphatic heterocycles. The van der Waals surface area contributed by atoms with Crippen LogP contribution in [0.15, 0.2) is 26.5 Å². The highest BCUT2D eigenvalue weighted by atomic mass is 32.1. The van der Waals surface area contributed by atoms with E-state index in [0.29, 0.717) is 11.7 Å². The minimum absolute atomic E-state index is 0.103. The number of thiophene rings is 1. The van der Waals surface area contributed by atoms with Crippen LogP contribution in [0.1, 0.15) is 28.5 Å². The summed E-state index contributed by atoms with van der Waals surface area (Å²) in [6.07, 6.45) is 0.282. The number of hydrogen-bond donors (Lipinski definition) is 0. The lowest BCUT2D eigenvalue weighted by atomic mass is 10.1. The number of piperazine rings is 1. The molecule has 4 rings (SSSR count). The third-order valence-electron chi connectivity index (χ3n) is 5.23. The molecular weight excluding hydrogens is 376 g/mol. The summed E-state index contributed by atoms with van der Waals surface area (Å²) in [6.45, 7) is 9.72.